The Morgan fingerprint density at radius 1 is 1.34 bits per heavy atom. The second kappa shape index (κ2) is 12.7. The minimum Gasteiger partial charge on any atom is -0.477 e. The van der Waals surface area contributed by atoms with Gasteiger partial charge in [-0.1, -0.05) is 29.1 Å². The molecule has 2 aromatic rings. The standard InChI is InChI=1S/C25H26N6O7S3/c1-12(32)39-11-17(33)30(2)15-6-4-5-13(8-15)7-14-9-40-23-19(22(35)31(23)20(14)24(36)37)28-21(34)18(29-38-3)16-10-41-25(26)27-16/h4-6,8,10,19,23H,7,9,11H2,1-3H3,(H2,26,27)(H,28,34)(H,36,37)/t19-,23-/m1/s1. The van der Waals surface area contributed by atoms with Gasteiger partial charge in [-0.3, -0.25) is 24.1 Å². The number of aromatic nitrogens is 1. The Bertz CT molecular complexity index is 1470. The highest BCUT2D eigenvalue weighted by Crippen LogP contribution is 2.41. The molecule has 3 heterocycles. The number of oxime groups is 1. The number of hydrogen-bond acceptors (Lipinski definition) is 12. The highest BCUT2D eigenvalue weighted by atomic mass is 32.2. The van der Waals surface area contributed by atoms with Crippen molar-refractivity contribution in [1.82, 2.24) is 15.2 Å². The number of fused-ring (bicyclic) bond motifs is 1. The van der Waals surface area contributed by atoms with Crippen LogP contribution in [-0.2, 0) is 35.2 Å². The van der Waals surface area contributed by atoms with Crippen molar-refractivity contribution in [3.05, 3.63) is 52.2 Å². The smallest absolute Gasteiger partial charge is 0.352 e. The third kappa shape index (κ3) is 6.55. The average Bonchev–Trinajstić information content (AvgIpc) is 3.37. The largest absolute Gasteiger partial charge is 0.477 e. The summed E-state index contributed by atoms with van der Waals surface area (Å²) >= 11 is 3.37. The number of rotatable bonds is 10. The maximum absolute atomic E-state index is 13.1. The molecule has 2 aliphatic rings. The van der Waals surface area contributed by atoms with Crippen LogP contribution in [0.25, 0.3) is 0 Å². The number of benzene rings is 1. The van der Waals surface area contributed by atoms with Crippen LogP contribution in [0.3, 0.4) is 0 Å². The quantitative estimate of drug-likeness (QED) is 0.198. The molecule has 1 saturated heterocycles. The maximum atomic E-state index is 13.1. The highest BCUT2D eigenvalue weighted by Gasteiger charge is 2.54. The highest BCUT2D eigenvalue weighted by molar-refractivity contribution is 8.14. The molecule has 4 N–H and O–H groups in total. The lowest BCUT2D eigenvalue weighted by Crippen LogP contribution is -2.71. The van der Waals surface area contributed by atoms with E-state index < -0.39 is 29.2 Å². The molecule has 2 aliphatic heterocycles. The Morgan fingerprint density at radius 2 is 2.10 bits per heavy atom. The van der Waals surface area contributed by atoms with E-state index in [0.717, 1.165) is 28.7 Å². The summed E-state index contributed by atoms with van der Waals surface area (Å²) in [7, 11) is 2.87. The van der Waals surface area contributed by atoms with Gasteiger partial charge in [-0.2, -0.15) is 0 Å². The SMILES string of the molecule is CON=C(C(=O)N[C@@H]1C(=O)N2C(C(=O)O)=C(Cc3cccc(N(C)C(=O)CSC(C)=O)c3)CS[C@H]12)c1csc(N)n1. The maximum Gasteiger partial charge on any atom is 0.352 e. The fraction of sp³-hybridized carbons (Fsp3) is 0.320. The van der Waals surface area contributed by atoms with Crippen molar-refractivity contribution >= 4 is 80.2 Å². The minimum absolute atomic E-state index is 0.00777. The first-order chi connectivity index (χ1) is 19.5. The van der Waals surface area contributed by atoms with Gasteiger partial charge < -0.3 is 25.9 Å². The summed E-state index contributed by atoms with van der Waals surface area (Å²) in [5, 5.41) is 17.3. The Kier molecular flexibility index (Phi) is 9.35. The molecular weight excluding hydrogens is 593 g/mol. The number of carbonyl (C=O) groups is 5. The number of thioether (sulfide) groups is 2. The lowest BCUT2D eigenvalue weighted by molar-refractivity contribution is -0.150. The van der Waals surface area contributed by atoms with Gasteiger partial charge in [-0.15, -0.1) is 23.1 Å². The van der Waals surface area contributed by atoms with E-state index in [2.05, 4.69) is 15.5 Å². The van der Waals surface area contributed by atoms with Gasteiger partial charge in [0, 0.05) is 30.8 Å². The summed E-state index contributed by atoms with van der Waals surface area (Å²) in [4.78, 5) is 73.4. The van der Waals surface area contributed by atoms with Gasteiger partial charge in [-0.05, 0) is 29.7 Å². The molecule has 0 unspecified atom stereocenters. The zero-order valence-electron chi connectivity index (χ0n) is 22.2. The van der Waals surface area contributed by atoms with E-state index in [0.29, 0.717) is 17.0 Å². The van der Waals surface area contributed by atoms with Gasteiger partial charge in [0.05, 0.1) is 5.75 Å². The van der Waals surface area contributed by atoms with Crippen LogP contribution >= 0.6 is 34.9 Å². The molecule has 0 radical (unpaired) electrons. The normalized spacial score (nSPS) is 18.4. The summed E-state index contributed by atoms with van der Waals surface area (Å²) in [6, 6.07) is 6.09. The number of nitrogen functional groups attached to an aromatic ring is 1. The molecule has 0 saturated carbocycles. The van der Waals surface area contributed by atoms with E-state index in [4.69, 9.17) is 10.6 Å². The number of carbonyl (C=O) groups excluding carboxylic acids is 4. The fourth-order valence-electron chi connectivity index (χ4n) is 4.25. The molecular formula is C25H26N6O7S3. The predicted octanol–water partition coefficient (Wildman–Crippen LogP) is 1.30. The second-order valence-electron chi connectivity index (χ2n) is 8.89. The summed E-state index contributed by atoms with van der Waals surface area (Å²) in [5.41, 5.74) is 7.41. The molecule has 16 heteroatoms. The number of nitrogens with two attached hydrogens (primary N) is 1. The molecule has 2 atom stereocenters. The number of nitrogens with one attached hydrogen (secondary N) is 1. The first kappa shape index (κ1) is 30.1. The number of carboxylic acids is 1. The Morgan fingerprint density at radius 3 is 2.73 bits per heavy atom. The average molecular weight is 619 g/mol. The molecule has 13 nitrogen and oxygen atoms in total. The number of hydrogen-bond donors (Lipinski definition) is 3. The number of β-lactam (4-membered cyclic amide) rings is 1. The predicted molar refractivity (Wildman–Crippen MR) is 156 cm³/mol. The van der Waals surface area contributed by atoms with Crippen LogP contribution < -0.4 is 16.0 Å². The third-order valence-electron chi connectivity index (χ3n) is 6.19. The Hall–Kier alpha value is -3.89. The van der Waals surface area contributed by atoms with E-state index >= 15 is 0 Å². The number of thiazole rings is 1. The zero-order valence-corrected chi connectivity index (χ0v) is 24.6. The Labute approximate surface area is 247 Å². The molecule has 4 rings (SSSR count). The van der Waals surface area contributed by atoms with Crippen LogP contribution in [0.15, 0.2) is 46.1 Å². The van der Waals surface area contributed by atoms with E-state index in [-0.39, 0.29) is 45.4 Å². The van der Waals surface area contributed by atoms with E-state index in [9.17, 15) is 29.1 Å². The molecule has 0 bridgehead atoms. The van der Waals surface area contributed by atoms with Crippen LogP contribution in [0.1, 0.15) is 18.2 Å². The molecule has 1 aromatic carbocycles. The van der Waals surface area contributed by atoms with Crippen LogP contribution in [0.5, 0.6) is 0 Å². The summed E-state index contributed by atoms with van der Waals surface area (Å²) in [6.45, 7) is 1.39. The zero-order chi connectivity index (χ0) is 29.8. The van der Waals surface area contributed by atoms with E-state index in [1.807, 2.05) is 0 Å². The summed E-state index contributed by atoms with van der Waals surface area (Å²) < 4.78 is 0. The molecule has 1 fully saturated rings. The Balaban J connectivity index is 1.50. The van der Waals surface area contributed by atoms with Gasteiger partial charge >= 0.3 is 5.97 Å². The topological polar surface area (TPSA) is 185 Å². The number of amides is 3. The van der Waals surface area contributed by atoms with Crippen molar-refractivity contribution in [1.29, 1.82) is 0 Å². The number of nitrogens with zero attached hydrogens (tertiary/aromatic N) is 4. The summed E-state index contributed by atoms with van der Waals surface area (Å²) in [5.74, 6) is -2.47. The van der Waals surface area contributed by atoms with Crippen LogP contribution in [0.4, 0.5) is 10.8 Å². The lowest BCUT2D eigenvalue weighted by Gasteiger charge is -2.49. The van der Waals surface area contributed by atoms with Gasteiger partial charge in [0.25, 0.3) is 11.8 Å². The molecule has 0 spiro atoms. The fourth-order valence-corrected chi connectivity index (χ4v) is 6.66. The van der Waals surface area contributed by atoms with Crippen molar-refractivity contribution < 1.29 is 33.9 Å². The first-order valence-electron chi connectivity index (χ1n) is 12.0. The van der Waals surface area contributed by atoms with Crippen LogP contribution in [0.2, 0.25) is 0 Å². The van der Waals surface area contributed by atoms with E-state index in [1.54, 1.807) is 31.3 Å². The third-order valence-corrected chi connectivity index (χ3v) is 9.00. The van der Waals surface area contributed by atoms with Crippen molar-refractivity contribution in [3.63, 3.8) is 0 Å². The minimum atomic E-state index is -1.26. The van der Waals surface area contributed by atoms with Gasteiger partial charge in [0.2, 0.25) is 5.91 Å². The van der Waals surface area contributed by atoms with Gasteiger partial charge in [0.1, 0.15) is 29.9 Å². The molecule has 41 heavy (non-hydrogen) atoms. The van der Waals surface area contributed by atoms with Crippen molar-refractivity contribution in [2.45, 2.75) is 24.8 Å². The van der Waals surface area contributed by atoms with E-state index in [1.165, 1.54) is 41.0 Å². The molecule has 0 aliphatic carbocycles. The molecule has 1 aromatic heterocycles. The second-order valence-corrected chi connectivity index (χ2v) is 12.0. The lowest BCUT2D eigenvalue weighted by atomic mass is 9.98. The first-order valence-corrected chi connectivity index (χ1v) is 15.0. The monoisotopic (exact) mass is 618 g/mol. The van der Waals surface area contributed by atoms with Crippen molar-refractivity contribution in [2.24, 2.45) is 5.16 Å². The molecule has 216 valence electrons. The van der Waals surface area contributed by atoms with Gasteiger partial charge in [0.15, 0.2) is 16.0 Å². The van der Waals surface area contributed by atoms with Gasteiger partial charge in [-0.25, -0.2) is 9.78 Å². The van der Waals surface area contributed by atoms with Crippen molar-refractivity contribution in [3.8, 4) is 0 Å². The van der Waals surface area contributed by atoms with Crippen LogP contribution in [-0.4, -0.2) is 86.6 Å². The number of carboxylic acid groups (broad SMARTS) is 1. The summed E-state index contributed by atoms with van der Waals surface area (Å²) in [6.07, 6.45) is 0.232. The number of anilines is 2. The van der Waals surface area contributed by atoms with Crippen LogP contribution in [0, 0.1) is 0 Å². The molecule has 3 amide bonds. The van der Waals surface area contributed by atoms with Crippen molar-refractivity contribution in [2.75, 3.05) is 36.3 Å². The number of aliphatic carboxylic acids is 1.